The summed E-state index contributed by atoms with van der Waals surface area (Å²) in [6, 6.07) is 88.7. The second kappa shape index (κ2) is 73.0. The number of unbranched alkanes of at least 4 members (excludes halogenated alkanes) is 25. The van der Waals surface area contributed by atoms with E-state index >= 15 is 0 Å². The van der Waals surface area contributed by atoms with Gasteiger partial charge in [-0.3, -0.25) is 23.5 Å². The zero-order valence-corrected chi connectivity index (χ0v) is 78.7. The molecule has 0 aliphatic rings. The number of rotatable bonds is 50. The van der Waals surface area contributed by atoms with Gasteiger partial charge in [-0.1, -0.05) is 377 Å². The second-order valence-corrected chi connectivity index (χ2v) is 35.1. The van der Waals surface area contributed by atoms with E-state index in [1.807, 2.05) is 0 Å². The predicted octanol–water partition coefficient (Wildman–Crippen LogP) is 34.1. The van der Waals surface area contributed by atoms with E-state index in [9.17, 15) is 0 Å². The van der Waals surface area contributed by atoms with E-state index in [2.05, 4.69) is 340 Å². The molecule has 0 atom stereocenters. The molecule has 0 spiro atoms. The molecule has 0 heterocycles. The molecule has 0 nitrogen and oxygen atoms in total. The number of hydrogen-bond acceptors (Lipinski definition) is 5. The first kappa shape index (κ1) is 112. The van der Waals surface area contributed by atoms with Crippen LogP contribution in [-0.4, -0.2) is 0 Å². The molecular weight excluding hydrogens is 1580 g/mol. The smallest absolute Gasteiger partial charge is 0.00401 e. The molecule has 10 aromatic carbocycles. The Labute approximate surface area is 755 Å². The van der Waals surface area contributed by atoms with Gasteiger partial charge in [0.05, 0.1) is 0 Å². The van der Waals surface area contributed by atoms with Crippen molar-refractivity contribution in [3.05, 3.63) is 326 Å². The largest absolute Gasteiger partial charge is 0.269 e. The highest BCUT2D eigenvalue weighted by molar-refractivity contribution is 7.81. The minimum Gasteiger partial charge on any atom is -0.269 e. The van der Waals surface area contributed by atoms with E-state index in [0.29, 0.717) is 0 Å². The van der Waals surface area contributed by atoms with Crippen LogP contribution in [-0.2, 0) is 96.3 Å². The topological polar surface area (TPSA) is 0 Å². The lowest BCUT2D eigenvalue weighted by atomic mass is 10.0. The Bertz CT molecular complexity index is 3340. The minimum atomic E-state index is 0. The minimum absolute atomic E-state index is 0. The molecule has 0 amide bonds. The van der Waals surface area contributed by atoms with Crippen LogP contribution < -0.4 is 0 Å². The van der Waals surface area contributed by atoms with Crippen molar-refractivity contribution in [2.24, 2.45) is 0 Å². The summed E-state index contributed by atoms with van der Waals surface area (Å²) in [5.41, 5.74) is 21.6. The average molecular weight is 1730 g/mol. The summed E-state index contributed by atoms with van der Waals surface area (Å²) in [5, 5.41) is 0. The fourth-order valence-electron chi connectivity index (χ4n) is 14.7. The molecule has 10 rings (SSSR count). The van der Waals surface area contributed by atoms with Gasteiger partial charge in [0.1, 0.15) is 0 Å². The molecule has 0 N–H and O–H groups in total. The van der Waals surface area contributed by atoms with Gasteiger partial charge in [0, 0.05) is 24.5 Å². The molecule has 660 valence electrons. The number of thiol groups is 5. The second-order valence-electron chi connectivity index (χ2n) is 32.5. The SMILES string of the molecule is CCCCCCCCc1ccc(CCc2ccc(S)cc2)cc1.CCCCCCCCc1ccc(CCc2ccc(S)cc2)cc1.CCCCCCCCc1ccc(CCc2ccc(S)cc2)cc1.CCCCCCCCc1ccc(CCc2ccc(S)cc2)cc1.CCCCCCCCc1ccc(CCc2ccc(S)cc2)cc1.F.F.F.F.F. The van der Waals surface area contributed by atoms with E-state index in [4.69, 9.17) is 0 Å². The Morgan fingerprint density at radius 2 is 0.200 bits per heavy atom. The third kappa shape index (κ3) is 54.3. The zero-order chi connectivity index (χ0) is 81.7. The van der Waals surface area contributed by atoms with Crippen molar-refractivity contribution in [2.45, 2.75) is 348 Å². The van der Waals surface area contributed by atoms with E-state index in [-0.39, 0.29) is 23.5 Å². The first-order valence-corrected chi connectivity index (χ1v) is 47.9. The van der Waals surface area contributed by atoms with Crippen LogP contribution in [0, 0.1) is 0 Å². The number of hydrogen-bond donors (Lipinski definition) is 5. The van der Waals surface area contributed by atoms with Gasteiger partial charge < -0.3 is 0 Å². The summed E-state index contributed by atoms with van der Waals surface area (Å²) in [6.45, 7) is 11.4. The normalized spacial score (nSPS) is 10.4. The molecule has 0 aliphatic heterocycles. The summed E-state index contributed by atoms with van der Waals surface area (Å²) in [4.78, 5) is 5.17. The van der Waals surface area contributed by atoms with Gasteiger partial charge in [-0.2, -0.15) is 0 Å². The molecule has 0 saturated carbocycles. The van der Waals surface area contributed by atoms with Crippen LogP contribution in [0.2, 0.25) is 0 Å². The van der Waals surface area contributed by atoms with E-state index in [1.54, 1.807) is 0 Å². The number of aryl methyl sites for hydroxylation is 15. The van der Waals surface area contributed by atoms with Crippen LogP contribution in [0.1, 0.15) is 311 Å². The van der Waals surface area contributed by atoms with Crippen molar-refractivity contribution in [1.82, 2.24) is 0 Å². The van der Waals surface area contributed by atoms with Gasteiger partial charge in [0.2, 0.25) is 0 Å². The van der Waals surface area contributed by atoms with E-state index in [1.165, 1.54) is 308 Å². The quantitative estimate of drug-likeness (QED) is 0.0140. The molecule has 120 heavy (non-hydrogen) atoms. The standard InChI is InChI=1S/5C22H30S.5FH/c5*1-2-3-4-5-6-7-8-19-9-11-20(12-10-19)13-14-21-15-17-22(23)18-16-21;;;;;/h5*9-12,15-18,23H,2-8,13-14H2,1H3;5*1H. The molecule has 0 fully saturated rings. The Morgan fingerprint density at radius 1 is 0.117 bits per heavy atom. The Hall–Kier alpha value is -6.40. The summed E-state index contributed by atoms with van der Waals surface area (Å²) in [6.07, 6.45) is 58.5. The van der Waals surface area contributed by atoms with Gasteiger partial charge >= 0.3 is 0 Å². The lowest BCUT2D eigenvalue weighted by Crippen LogP contribution is -1.92. The van der Waals surface area contributed by atoms with Gasteiger partial charge in [0.15, 0.2) is 0 Å². The first-order valence-electron chi connectivity index (χ1n) is 45.7. The van der Waals surface area contributed by atoms with Gasteiger partial charge in [-0.05, 0) is 273 Å². The van der Waals surface area contributed by atoms with Crippen molar-refractivity contribution < 1.29 is 23.5 Å². The Morgan fingerprint density at radius 3 is 0.308 bits per heavy atom. The van der Waals surface area contributed by atoms with Crippen LogP contribution >= 0.6 is 63.1 Å². The number of benzene rings is 10. The molecule has 0 bridgehead atoms. The fraction of sp³-hybridized carbons (Fsp3) is 0.455. The van der Waals surface area contributed by atoms with Crippen LogP contribution in [0.3, 0.4) is 0 Å². The third-order valence-electron chi connectivity index (χ3n) is 22.4. The van der Waals surface area contributed by atoms with Crippen molar-refractivity contribution in [3.8, 4) is 0 Å². The summed E-state index contributed by atoms with van der Waals surface area (Å²) < 4.78 is 0. The lowest BCUT2D eigenvalue weighted by molar-refractivity contribution is 0.607. The van der Waals surface area contributed by atoms with Crippen molar-refractivity contribution in [3.63, 3.8) is 0 Å². The maximum atomic E-state index is 4.33. The highest BCUT2D eigenvalue weighted by Gasteiger charge is 2.06. The zero-order valence-electron chi connectivity index (χ0n) is 74.2. The summed E-state index contributed by atoms with van der Waals surface area (Å²) >= 11 is 21.7. The van der Waals surface area contributed by atoms with Crippen LogP contribution in [0.25, 0.3) is 0 Å². The maximum Gasteiger partial charge on any atom is 0.00401 e. The molecule has 10 heteroatoms. The van der Waals surface area contributed by atoms with Crippen LogP contribution in [0.15, 0.2) is 267 Å². The highest BCUT2D eigenvalue weighted by Crippen LogP contribution is 2.22. The van der Waals surface area contributed by atoms with Gasteiger partial charge in [-0.15, -0.1) is 63.1 Å². The Balaban J connectivity index is 0.000000742. The monoisotopic (exact) mass is 1730 g/mol. The summed E-state index contributed by atoms with van der Waals surface area (Å²) in [5.74, 6) is 0. The van der Waals surface area contributed by atoms with E-state index in [0.717, 1.165) is 88.7 Å². The fourth-order valence-corrected chi connectivity index (χ4v) is 15.4. The molecule has 10 aromatic rings. The molecule has 0 aromatic heterocycles. The predicted molar refractivity (Wildman–Crippen MR) is 536 cm³/mol. The van der Waals surface area contributed by atoms with Crippen molar-refractivity contribution >= 4 is 63.1 Å². The first-order chi connectivity index (χ1) is 56.4. The summed E-state index contributed by atoms with van der Waals surface area (Å²) in [7, 11) is 0. The molecule has 0 aliphatic carbocycles. The van der Waals surface area contributed by atoms with Gasteiger partial charge in [0.25, 0.3) is 0 Å². The number of halogens is 5. The maximum absolute atomic E-state index is 4.33. The lowest BCUT2D eigenvalue weighted by Gasteiger charge is -2.05. The molecule has 0 radical (unpaired) electrons. The molecular formula is C110H155F5S5. The van der Waals surface area contributed by atoms with Crippen LogP contribution in [0.4, 0.5) is 23.5 Å². The van der Waals surface area contributed by atoms with Crippen LogP contribution in [0.5, 0.6) is 0 Å². The van der Waals surface area contributed by atoms with Crippen molar-refractivity contribution in [1.29, 1.82) is 0 Å². The van der Waals surface area contributed by atoms with Gasteiger partial charge in [-0.25, -0.2) is 0 Å². The molecule has 0 saturated heterocycles. The third-order valence-corrected chi connectivity index (χ3v) is 23.9. The Kier molecular flexibility index (Phi) is 67.9. The average Bonchev–Trinajstić information content (AvgIpc) is 0.908. The highest BCUT2D eigenvalue weighted by atomic mass is 32.1. The van der Waals surface area contributed by atoms with Crippen molar-refractivity contribution in [2.75, 3.05) is 0 Å². The molecule has 0 unspecified atom stereocenters. The van der Waals surface area contributed by atoms with E-state index < -0.39 is 0 Å².